The summed E-state index contributed by atoms with van der Waals surface area (Å²) in [6.45, 7) is 1.86. The van der Waals surface area contributed by atoms with Gasteiger partial charge in [0.1, 0.15) is 0 Å². The molecule has 0 amide bonds. The molecule has 0 saturated carbocycles. The molecule has 0 spiro atoms. The minimum atomic E-state index is -1.03. The Kier molecular flexibility index (Phi) is 2.85. The predicted octanol–water partition coefficient (Wildman–Crippen LogP) is 2.31. The van der Waals surface area contributed by atoms with Crippen molar-refractivity contribution in [1.29, 1.82) is 5.26 Å². The van der Waals surface area contributed by atoms with Crippen LogP contribution >= 0.6 is 15.9 Å². The molecule has 0 heterocycles. The summed E-state index contributed by atoms with van der Waals surface area (Å²) in [7, 11) is 0. The van der Waals surface area contributed by atoms with Gasteiger partial charge in [-0.1, -0.05) is 22.0 Å². The van der Waals surface area contributed by atoms with Gasteiger partial charge in [0.15, 0.2) is 6.10 Å². The van der Waals surface area contributed by atoms with Crippen LogP contribution in [0.15, 0.2) is 22.7 Å². The molecular weight excluding hydrogens is 218 g/mol. The highest BCUT2D eigenvalue weighted by molar-refractivity contribution is 9.10. The van der Waals surface area contributed by atoms with Crippen LogP contribution in [0.5, 0.6) is 0 Å². The van der Waals surface area contributed by atoms with Crippen LogP contribution in [0.25, 0.3) is 0 Å². The number of nitrogens with zero attached hydrogens (tertiary/aromatic N) is 1. The average Bonchev–Trinajstić information content (AvgIpc) is 2.08. The van der Waals surface area contributed by atoms with Crippen LogP contribution < -0.4 is 0 Å². The molecule has 0 aliphatic rings. The molecule has 1 aromatic carbocycles. The number of rotatable bonds is 1. The van der Waals surface area contributed by atoms with E-state index in [9.17, 15) is 5.11 Å². The van der Waals surface area contributed by atoms with E-state index in [1.54, 1.807) is 12.1 Å². The van der Waals surface area contributed by atoms with Gasteiger partial charge in [-0.25, -0.2) is 0 Å². The highest BCUT2D eigenvalue weighted by atomic mass is 79.9. The molecule has 1 rings (SSSR count). The number of hydrogen-bond donors (Lipinski definition) is 1. The lowest BCUT2D eigenvalue weighted by Crippen LogP contribution is -1.96. The topological polar surface area (TPSA) is 44.0 Å². The Bertz CT molecular complexity index is 330. The van der Waals surface area contributed by atoms with Crippen LogP contribution in [0.2, 0.25) is 0 Å². The Morgan fingerprint density at radius 2 is 2.25 bits per heavy atom. The maximum Gasteiger partial charge on any atom is 0.166 e. The molecule has 0 fully saturated rings. The van der Waals surface area contributed by atoms with Crippen LogP contribution in [0, 0.1) is 18.3 Å². The molecule has 12 heavy (non-hydrogen) atoms. The van der Waals surface area contributed by atoms with E-state index in [0.29, 0.717) is 5.56 Å². The van der Waals surface area contributed by atoms with E-state index in [1.165, 1.54) is 0 Å². The van der Waals surface area contributed by atoms with Gasteiger partial charge in [-0.3, -0.25) is 0 Å². The number of aryl methyl sites for hydroxylation is 1. The third kappa shape index (κ3) is 1.84. The molecule has 1 atom stereocenters. The van der Waals surface area contributed by atoms with E-state index in [0.717, 1.165) is 10.0 Å². The van der Waals surface area contributed by atoms with Crippen molar-refractivity contribution in [3.8, 4) is 6.07 Å². The Morgan fingerprint density at radius 1 is 1.58 bits per heavy atom. The SMILES string of the molecule is Cc1ccc(Br)cc1C(O)C#N. The fourth-order valence-electron chi connectivity index (χ4n) is 0.975. The van der Waals surface area contributed by atoms with Crippen LogP contribution in [0.3, 0.4) is 0 Å². The van der Waals surface area contributed by atoms with Gasteiger partial charge in [0.05, 0.1) is 6.07 Å². The first-order valence-electron chi connectivity index (χ1n) is 3.49. The smallest absolute Gasteiger partial charge is 0.166 e. The summed E-state index contributed by atoms with van der Waals surface area (Å²) in [5, 5.41) is 17.7. The third-order valence-electron chi connectivity index (χ3n) is 1.66. The Balaban J connectivity index is 3.15. The lowest BCUT2D eigenvalue weighted by Gasteiger charge is -2.06. The van der Waals surface area contributed by atoms with Gasteiger partial charge in [-0.15, -0.1) is 0 Å². The maximum absolute atomic E-state index is 9.25. The quantitative estimate of drug-likeness (QED) is 0.746. The average molecular weight is 226 g/mol. The van der Waals surface area contributed by atoms with Crippen molar-refractivity contribution in [3.63, 3.8) is 0 Å². The Labute approximate surface area is 79.6 Å². The summed E-state index contributed by atoms with van der Waals surface area (Å²) in [4.78, 5) is 0. The standard InChI is InChI=1S/C9H8BrNO/c1-6-2-3-7(10)4-8(6)9(12)5-11/h2-4,9,12H,1H3. The van der Waals surface area contributed by atoms with Gasteiger partial charge < -0.3 is 5.11 Å². The van der Waals surface area contributed by atoms with E-state index < -0.39 is 6.10 Å². The minimum absolute atomic E-state index is 0.659. The zero-order valence-electron chi connectivity index (χ0n) is 6.58. The summed E-state index contributed by atoms with van der Waals surface area (Å²) in [6.07, 6.45) is -1.03. The summed E-state index contributed by atoms with van der Waals surface area (Å²) in [5.74, 6) is 0. The van der Waals surface area contributed by atoms with E-state index in [-0.39, 0.29) is 0 Å². The lowest BCUT2D eigenvalue weighted by atomic mass is 10.0. The molecule has 2 nitrogen and oxygen atoms in total. The van der Waals surface area contributed by atoms with Crippen LogP contribution in [-0.2, 0) is 0 Å². The Morgan fingerprint density at radius 3 is 2.83 bits per heavy atom. The van der Waals surface area contributed by atoms with E-state index in [4.69, 9.17) is 5.26 Å². The fourth-order valence-corrected chi connectivity index (χ4v) is 1.35. The molecule has 1 unspecified atom stereocenters. The van der Waals surface area contributed by atoms with Gasteiger partial charge in [0, 0.05) is 4.47 Å². The van der Waals surface area contributed by atoms with Crippen molar-refractivity contribution in [3.05, 3.63) is 33.8 Å². The minimum Gasteiger partial charge on any atom is -0.374 e. The highest BCUT2D eigenvalue weighted by Gasteiger charge is 2.08. The molecule has 3 heteroatoms. The summed E-state index contributed by atoms with van der Waals surface area (Å²) < 4.78 is 0.873. The number of hydrogen-bond acceptors (Lipinski definition) is 2. The van der Waals surface area contributed by atoms with Crippen molar-refractivity contribution < 1.29 is 5.11 Å². The zero-order valence-corrected chi connectivity index (χ0v) is 8.17. The maximum atomic E-state index is 9.25. The van der Waals surface area contributed by atoms with Crippen LogP contribution in [0.1, 0.15) is 17.2 Å². The van der Waals surface area contributed by atoms with E-state index in [1.807, 2.05) is 19.1 Å². The summed E-state index contributed by atoms with van der Waals surface area (Å²) in [5.41, 5.74) is 1.58. The number of nitriles is 1. The Hall–Kier alpha value is -0.850. The van der Waals surface area contributed by atoms with E-state index >= 15 is 0 Å². The van der Waals surface area contributed by atoms with Crippen LogP contribution in [0.4, 0.5) is 0 Å². The van der Waals surface area contributed by atoms with Crippen molar-refractivity contribution in [2.75, 3.05) is 0 Å². The summed E-state index contributed by atoms with van der Waals surface area (Å²) in [6, 6.07) is 7.28. The first-order chi connectivity index (χ1) is 5.65. The van der Waals surface area contributed by atoms with Gasteiger partial charge in [-0.2, -0.15) is 5.26 Å². The van der Waals surface area contributed by atoms with Gasteiger partial charge in [0.2, 0.25) is 0 Å². The van der Waals surface area contributed by atoms with Crippen molar-refractivity contribution in [2.24, 2.45) is 0 Å². The molecule has 1 N–H and O–H groups in total. The largest absolute Gasteiger partial charge is 0.374 e. The first kappa shape index (κ1) is 9.24. The number of aliphatic hydroxyl groups excluding tert-OH is 1. The molecule has 62 valence electrons. The van der Waals surface area contributed by atoms with Crippen molar-refractivity contribution in [1.82, 2.24) is 0 Å². The molecule has 0 aromatic heterocycles. The lowest BCUT2D eigenvalue weighted by molar-refractivity contribution is 0.235. The number of benzene rings is 1. The second-order valence-electron chi connectivity index (χ2n) is 2.53. The number of aliphatic hydroxyl groups is 1. The van der Waals surface area contributed by atoms with Crippen molar-refractivity contribution in [2.45, 2.75) is 13.0 Å². The van der Waals surface area contributed by atoms with Gasteiger partial charge >= 0.3 is 0 Å². The molecular formula is C9H8BrNO. The van der Waals surface area contributed by atoms with Gasteiger partial charge in [-0.05, 0) is 30.2 Å². The second kappa shape index (κ2) is 3.70. The monoisotopic (exact) mass is 225 g/mol. The zero-order chi connectivity index (χ0) is 9.14. The van der Waals surface area contributed by atoms with Gasteiger partial charge in [0.25, 0.3) is 0 Å². The van der Waals surface area contributed by atoms with Crippen molar-refractivity contribution >= 4 is 15.9 Å². The molecule has 0 aliphatic carbocycles. The molecule has 0 radical (unpaired) electrons. The molecule has 0 aliphatic heterocycles. The summed E-state index contributed by atoms with van der Waals surface area (Å²) >= 11 is 3.27. The first-order valence-corrected chi connectivity index (χ1v) is 4.28. The second-order valence-corrected chi connectivity index (χ2v) is 3.45. The van der Waals surface area contributed by atoms with E-state index in [2.05, 4.69) is 15.9 Å². The highest BCUT2D eigenvalue weighted by Crippen LogP contribution is 2.21. The molecule has 0 bridgehead atoms. The number of halogens is 1. The fraction of sp³-hybridized carbons (Fsp3) is 0.222. The predicted molar refractivity (Wildman–Crippen MR) is 49.5 cm³/mol. The third-order valence-corrected chi connectivity index (χ3v) is 2.15. The molecule has 0 saturated heterocycles. The molecule has 1 aromatic rings. The normalized spacial score (nSPS) is 12.2. The van der Waals surface area contributed by atoms with Crippen LogP contribution in [-0.4, -0.2) is 5.11 Å².